The fraction of sp³-hybridized carbons (Fsp3) is 0.0556. The minimum absolute atomic E-state index is 0.217. The largest absolute Gasteiger partial charge is 0.484 e. The van der Waals surface area contributed by atoms with Gasteiger partial charge >= 0.3 is 0 Å². The Balaban J connectivity index is 1.60. The molecule has 1 amide bonds. The molecule has 25 heavy (non-hydrogen) atoms. The third-order valence-electron chi connectivity index (χ3n) is 3.34. The molecule has 6 nitrogen and oxygen atoms in total. The molecule has 0 radical (unpaired) electrons. The monoisotopic (exact) mass is 355 g/mol. The lowest BCUT2D eigenvalue weighted by molar-refractivity contribution is -0.123. The molecule has 0 aliphatic heterocycles. The van der Waals surface area contributed by atoms with Gasteiger partial charge in [-0.3, -0.25) is 9.59 Å². The van der Waals surface area contributed by atoms with Crippen LogP contribution in [0, 0.1) is 0 Å². The van der Waals surface area contributed by atoms with Gasteiger partial charge in [0.25, 0.3) is 11.5 Å². The first-order chi connectivity index (χ1) is 12.1. The standard InChI is InChI=1S/C18H14ClN3O3/c19-14-5-3-6-15(9-14)25-11-17(23)22-20-10-13-8-12-4-1-2-7-16(12)21-18(13)24/h1-10H,11H2,(H,21,24)(H,22,23). The molecule has 2 N–H and O–H groups in total. The van der Waals surface area contributed by atoms with E-state index in [0.717, 1.165) is 10.9 Å². The third-order valence-corrected chi connectivity index (χ3v) is 3.58. The maximum Gasteiger partial charge on any atom is 0.277 e. The summed E-state index contributed by atoms with van der Waals surface area (Å²) < 4.78 is 5.29. The van der Waals surface area contributed by atoms with Gasteiger partial charge < -0.3 is 9.72 Å². The van der Waals surface area contributed by atoms with Crippen LogP contribution >= 0.6 is 11.6 Å². The number of ether oxygens (including phenoxy) is 1. The van der Waals surface area contributed by atoms with Crippen molar-refractivity contribution in [2.45, 2.75) is 0 Å². The van der Waals surface area contributed by atoms with Gasteiger partial charge in [-0.1, -0.05) is 35.9 Å². The van der Waals surface area contributed by atoms with E-state index in [1.165, 1.54) is 6.21 Å². The molecule has 1 aromatic heterocycles. The van der Waals surface area contributed by atoms with Gasteiger partial charge in [-0.25, -0.2) is 5.43 Å². The van der Waals surface area contributed by atoms with Gasteiger partial charge in [-0.2, -0.15) is 5.10 Å². The van der Waals surface area contributed by atoms with E-state index in [4.69, 9.17) is 16.3 Å². The molecule has 0 atom stereocenters. The van der Waals surface area contributed by atoms with Gasteiger partial charge in [0.15, 0.2) is 6.61 Å². The highest BCUT2D eigenvalue weighted by Crippen LogP contribution is 2.16. The van der Waals surface area contributed by atoms with E-state index < -0.39 is 5.91 Å². The van der Waals surface area contributed by atoms with Gasteiger partial charge in [0, 0.05) is 10.5 Å². The van der Waals surface area contributed by atoms with Gasteiger partial charge in [-0.15, -0.1) is 0 Å². The van der Waals surface area contributed by atoms with Gasteiger partial charge in [0.05, 0.1) is 11.8 Å². The zero-order valence-corrected chi connectivity index (χ0v) is 13.8. The molecule has 1 heterocycles. The summed E-state index contributed by atoms with van der Waals surface area (Å²) in [6.45, 7) is -0.217. The van der Waals surface area contributed by atoms with Crippen LogP contribution in [0.25, 0.3) is 10.9 Å². The number of benzene rings is 2. The number of aromatic nitrogens is 1. The highest BCUT2D eigenvalue weighted by atomic mass is 35.5. The molecule has 0 fully saturated rings. The summed E-state index contributed by atoms with van der Waals surface area (Å²) >= 11 is 5.83. The molecule has 0 spiro atoms. The fourth-order valence-electron chi connectivity index (χ4n) is 2.17. The molecule has 0 saturated heterocycles. The number of pyridine rings is 1. The maximum atomic E-state index is 12.0. The number of hydrogen-bond acceptors (Lipinski definition) is 4. The molecule has 0 unspecified atom stereocenters. The van der Waals surface area contributed by atoms with Crippen molar-refractivity contribution in [2.24, 2.45) is 5.10 Å². The van der Waals surface area contributed by atoms with Crippen molar-refractivity contribution >= 4 is 34.6 Å². The smallest absolute Gasteiger partial charge is 0.277 e. The lowest BCUT2D eigenvalue weighted by atomic mass is 10.2. The second-order valence-electron chi connectivity index (χ2n) is 5.18. The van der Waals surface area contributed by atoms with Gasteiger partial charge in [-0.05, 0) is 35.7 Å². The van der Waals surface area contributed by atoms with Crippen LogP contribution in [0.1, 0.15) is 5.56 Å². The summed E-state index contributed by atoms with van der Waals surface area (Å²) in [7, 11) is 0. The van der Waals surface area contributed by atoms with Crippen LogP contribution in [0.5, 0.6) is 5.75 Å². The van der Waals surface area contributed by atoms with Crippen LogP contribution in [-0.4, -0.2) is 23.7 Å². The summed E-state index contributed by atoms with van der Waals surface area (Å²) in [5.41, 5.74) is 3.11. The number of hydrazone groups is 1. The lowest BCUT2D eigenvalue weighted by Crippen LogP contribution is -2.25. The van der Waals surface area contributed by atoms with Crippen molar-refractivity contribution in [2.75, 3.05) is 6.61 Å². The normalized spacial score (nSPS) is 10.9. The zero-order valence-electron chi connectivity index (χ0n) is 13.0. The van der Waals surface area contributed by atoms with Crippen molar-refractivity contribution in [3.63, 3.8) is 0 Å². The van der Waals surface area contributed by atoms with E-state index in [1.54, 1.807) is 30.3 Å². The Kier molecular flexibility index (Phi) is 5.11. The average Bonchev–Trinajstić information content (AvgIpc) is 2.60. The number of amides is 1. The quantitative estimate of drug-likeness (QED) is 0.545. The van der Waals surface area contributed by atoms with Crippen LogP contribution in [0.4, 0.5) is 0 Å². The van der Waals surface area contributed by atoms with Crippen LogP contribution in [0.3, 0.4) is 0 Å². The molecule has 0 bridgehead atoms. The number of nitrogens with zero attached hydrogens (tertiary/aromatic N) is 1. The van der Waals surface area contributed by atoms with Crippen molar-refractivity contribution in [3.8, 4) is 5.75 Å². The average molecular weight is 356 g/mol. The fourth-order valence-corrected chi connectivity index (χ4v) is 2.35. The summed E-state index contributed by atoms with van der Waals surface area (Å²) in [6.07, 6.45) is 1.29. The summed E-state index contributed by atoms with van der Waals surface area (Å²) in [5, 5.41) is 5.18. The highest BCUT2D eigenvalue weighted by molar-refractivity contribution is 6.30. The molecule has 0 aliphatic rings. The third kappa shape index (κ3) is 4.45. The highest BCUT2D eigenvalue weighted by Gasteiger charge is 2.03. The first kappa shape index (κ1) is 16.7. The predicted octanol–water partition coefficient (Wildman–Crippen LogP) is 2.71. The molecular formula is C18H14ClN3O3. The summed E-state index contributed by atoms with van der Waals surface area (Å²) in [4.78, 5) is 26.4. The number of H-pyrrole nitrogens is 1. The van der Waals surface area contributed by atoms with Crippen molar-refractivity contribution in [1.29, 1.82) is 0 Å². The molecular weight excluding hydrogens is 342 g/mol. The Bertz CT molecular complexity index is 998. The number of nitrogens with one attached hydrogen (secondary N) is 2. The van der Waals surface area contributed by atoms with Crippen molar-refractivity contribution in [1.82, 2.24) is 10.4 Å². The number of carbonyl (C=O) groups is 1. The number of hydrogen-bond donors (Lipinski definition) is 2. The van der Waals surface area contributed by atoms with Crippen LogP contribution < -0.4 is 15.7 Å². The number of halogens is 1. The molecule has 0 aliphatic carbocycles. The van der Waals surface area contributed by atoms with Crippen molar-refractivity contribution < 1.29 is 9.53 Å². The Morgan fingerprint density at radius 1 is 1.20 bits per heavy atom. The topological polar surface area (TPSA) is 83.5 Å². The van der Waals surface area contributed by atoms with Gasteiger partial charge in [0.2, 0.25) is 0 Å². The Labute approximate surface area is 148 Å². The van der Waals surface area contributed by atoms with Crippen LogP contribution in [-0.2, 0) is 4.79 Å². The predicted molar refractivity (Wildman–Crippen MR) is 97.3 cm³/mol. The molecule has 0 saturated carbocycles. The Morgan fingerprint density at radius 2 is 2.04 bits per heavy atom. The number of para-hydroxylation sites is 1. The molecule has 7 heteroatoms. The first-order valence-electron chi connectivity index (χ1n) is 7.44. The maximum absolute atomic E-state index is 12.0. The summed E-state index contributed by atoms with van der Waals surface area (Å²) in [6, 6.07) is 15.8. The van der Waals surface area contributed by atoms with E-state index >= 15 is 0 Å². The van der Waals surface area contributed by atoms with Crippen molar-refractivity contribution in [3.05, 3.63) is 75.5 Å². The molecule has 3 aromatic rings. The number of aromatic amines is 1. The number of fused-ring (bicyclic) bond motifs is 1. The second kappa shape index (κ2) is 7.63. The lowest BCUT2D eigenvalue weighted by Gasteiger charge is -2.05. The van der Waals surface area contributed by atoms with Gasteiger partial charge in [0.1, 0.15) is 5.75 Å². The first-order valence-corrected chi connectivity index (χ1v) is 7.82. The number of carbonyl (C=O) groups excluding carboxylic acids is 1. The minimum atomic E-state index is -0.451. The summed E-state index contributed by atoms with van der Waals surface area (Å²) in [5.74, 6) is 0.0334. The van der Waals surface area contributed by atoms with E-state index in [-0.39, 0.29) is 12.2 Å². The second-order valence-corrected chi connectivity index (χ2v) is 5.62. The molecule has 126 valence electrons. The minimum Gasteiger partial charge on any atom is -0.484 e. The van der Waals surface area contributed by atoms with E-state index in [1.807, 2.05) is 24.3 Å². The SMILES string of the molecule is O=C(COc1cccc(Cl)c1)NN=Cc1cc2ccccc2[nH]c1=O. The van der Waals surface area contributed by atoms with E-state index in [9.17, 15) is 9.59 Å². The van der Waals surface area contributed by atoms with E-state index in [2.05, 4.69) is 15.5 Å². The van der Waals surface area contributed by atoms with E-state index in [0.29, 0.717) is 16.3 Å². The Hall–Kier alpha value is -3.12. The molecule has 2 aromatic carbocycles. The van der Waals surface area contributed by atoms with Crippen LogP contribution in [0.2, 0.25) is 5.02 Å². The molecule has 3 rings (SSSR count). The van der Waals surface area contributed by atoms with Crippen LogP contribution in [0.15, 0.2) is 64.5 Å². The zero-order chi connectivity index (χ0) is 17.6. The Morgan fingerprint density at radius 3 is 2.88 bits per heavy atom. The number of rotatable bonds is 5.